The molecular formula is C7H11FO2. The Hall–Kier alpha value is -0.730. The minimum absolute atomic E-state index is 0.159. The van der Waals surface area contributed by atoms with Crippen molar-refractivity contribution in [2.45, 2.75) is 32.9 Å². The van der Waals surface area contributed by atoms with E-state index in [1.54, 1.807) is 6.92 Å². The van der Waals surface area contributed by atoms with Gasteiger partial charge in [0, 0.05) is 0 Å². The Bertz CT molecular complexity index is 143. The van der Waals surface area contributed by atoms with Gasteiger partial charge >= 0.3 is 0 Å². The number of halogens is 1. The van der Waals surface area contributed by atoms with Gasteiger partial charge in [-0.3, -0.25) is 9.59 Å². The molecule has 0 aliphatic heterocycles. The zero-order valence-corrected chi connectivity index (χ0v) is 6.19. The van der Waals surface area contributed by atoms with Gasteiger partial charge in [-0.15, -0.1) is 0 Å². The quantitative estimate of drug-likeness (QED) is 0.560. The predicted octanol–water partition coefficient (Wildman–Crippen LogP) is 1.28. The van der Waals surface area contributed by atoms with Crippen LogP contribution in [0.5, 0.6) is 0 Å². The topological polar surface area (TPSA) is 34.1 Å². The van der Waals surface area contributed by atoms with E-state index in [1.165, 1.54) is 6.92 Å². The monoisotopic (exact) mass is 146 g/mol. The molecule has 58 valence electrons. The SMILES string of the molecule is CCC(F)C(=O)CC(C)=O. The van der Waals surface area contributed by atoms with E-state index in [0.29, 0.717) is 0 Å². The summed E-state index contributed by atoms with van der Waals surface area (Å²) in [5.74, 6) is -0.879. The number of ketones is 2. The van der Waals surface area contributed by atoms with Crippen molar-refractivity contribution < 1.29 is 14.0 Å². The highest BCUT2D eigenvalue weighted by atomic mass is 19.1. The lowest BCUT2D eigenvalue weighted by Gasteiger charge is -1.99. The fourth-order valence-corrected chi connectivity index (χ4v) is 0.584. The Labute approximate surface area is 59.4 Å². The van der Waals surface area contributed by atoms with Crippen molar-refractivity contribution in [3.63, 3.8) is 0 Å². The normalized spacial score (nSPS) is 12.7. The van der Waals surface area contributed by atoms with Gasteiger partial charge in [-0.25, -0.2) is 4.39 Å². The molecule has 0 aromatic heterocycles. The first-order valence-corrected chi connectivity index (χ1v) is 3.24. The number of alkyl halides is 1. The minimum atomic E-state index is -1.45. The number of carbonyl (C=O) groups is 2. The van der Waals surface area contributed by atoms with Crippen LogP contribution >= 0.6 is 0 Å². The van der Waals surface area contributed by atoms with Crippen LogP contribution in [0.4, 0.5) is 4.39 Å². The molecule has 0 spiro atoms. The molecule has 0 aromatic carbocycles. The van der Waals surface area contributed by atoms with Crippen molar-refractivity contribution in [1.82, 2.24) is 0 Å². The molecule has 0 aromatic rings. The highest BCUT2D eigenvalue weighted by molar-refractivity contribution is 5.99. The Morgan fingerprint density at radius 3 is 2.30 bits per heavy atom. The highest BCUT2D eigenvalue weighted by Crippen LogP contribution is 2.01. The summed E-state index contributed by atoms with van der Waals surface area (Å²) in [5.41, 5.74) is 0. The first-order chi connectivity index (χ1) is 4.57. The largest absolute Gasteiger partial charge is 0.300 e. The van der Waals surface area contributed by atoms with E-state index in [1.807, 2.05) is 0 Å². The average Bonchev–Trinajstić information content (AvgIpc) is 1.85. The van der Waals surface area contributed by atoms with Crippen LogP contribution in [0.3, 0.4) is 0 Å². The van der Waals surface area contributed by atoms with Crippen molar-refractivity contribution in [2.24, 2.45) is 0 Å². The van der Waals surface area contributed by atoms with Gasteiger partial charge in [0.15, 0.2) is 12.0 Å². The molecule has 2 nitrogen and oxygen atoms in total. The number of Topliss-reactive ketones (excluding diaryl/α,β-unsaturated/α-hetero) is 2. The predicted molar refractivity (Wildman–Crippen MR) is 35.5 cm³/mol. The number of carbonyl (C=O) groups excluding carboxylic acids is 2. The van der Waals surface area contributed by atoms with E-state index in [4.69, 9.17) is 0 Å². The van der Waals surface area contributed by atoms with Crippen LogP contribution in [-0.2, 0) is 9.59 Å². The molecule has 0 saturated heterocycles. The molecule has 10 heavy (non-hydrogen) atoms. The molecule has 3 heteroatoms. The second-order valence-electron chi connectivity index (χ2n) is 2.22. The third-order valence-electron chi connectivity index (χ3n) is 1.13. The zero-order valence-electron chi connectivity index (χ0n) is 6.19. The number of rotatable bonds is 4. The van der Waals surface area contributed by atoms with Crippen LogP contribution < -0.4 is 0 Å². The molecule has 0 N–H and O–H groups in total. The molecule has 0 bridgehead atoms. The van der Waals surface area contributed by atoms with Gasteiger partial charge in [0.2, 0.25) is 0 Å². The molecule has 0 fully saturated rings. The maximum atomic E-state index is 12.4. The number of hydrogen-bond donors (Lipinski definition) is 0. The van der Waals surface area contributed by atoms with Crippen LogP contribution in [0.2, 0.25) is 0 Å². The van der Waals surface area contributed by atoms with Crippen molar-refractivity contribution >= 4 is 11.6 Å². The summed E-state index contributed by atoms with van der Waals surface area (Å²) >= 11 is 0. The van der Waals surface area contributed by atoms with Gasteiger partial charge in [-0.2, -0.15) is 0 Å². The lowest BCUT2D eigenvalue weighted by atomic mass is 10.1. The molecule has 0 heterocycles. The first kappa shape index (κ1) is 9.27. The van der Waals surface area contributed by atoms with Crippen LogP contribution in [0.1, 0.15) is 26.7 Å². The van der Waals surface area contributed by atoms with Crippen molar-refractivity contribution in [2.75, 3.05) is 0 Å². The molecular weight excluding hydrogens is 135 g/mol. The van der Waals surface area contributed by atoms with Crippen molar-refractivity contribution in [1.29, 1.82) is 0 Å². The first-order valence-electron chi connectivity index (χ1n) is 3.24. The molecule has 0 saturated carbocycles. The van der Waals surface area contributed by atoms with Crippen molar-refractivity contribution in [3.05, 3.63) is 0 Å². The average molecular weight is 146 g/mol. The molecule has 0 aliphatic carbocycles. The van der Waals surface area contributed by atoms with E-state index in [0.717, 1.165) is 0 Å². The summed E-state index contributed by atoms with van der Waals surface area (Å²) in [6.07, 6.45) is -1.56. The third-order valence-corrected chi connectivity index (χ3v) is 1.13. The summed E-state index contributed by atoms with van der Waals surface area (Å²) in [6, 6.07) is 0. The lowest BCUT2D eigenvalue weighted by Crippen LogP contribution is -2.16. The van der Waals surface area contributed by atoms with Crippen molar-refractivity contribution in [3.8, 4) is 0 Å². The van der Waals surface area contributed by atoms with Crippen LogP contribution in [-0.4, -0.2) is 17.7 Å². The van der Waals surface area contributed by atoms with E-state index in [2.05, 4.69) is 0 Å². The smallest absolute Gasteiger partial charge is 0.174 e. The third kappa shape index (κ3) is 3.33. The van der Waals surface area contributed by atoms with E-state index < -0.39 is 12.0 Å². The summed E-state index contributed by atoms with van der Waals surface area (Å²) < 4.78 is 12.4. The van der Waals surface area contributed by atoms with E-state index in [9.17, 15) is 14.0 Å². The van der Waals surface area contributed by atoms with Gasteiger partial charge in [0.1, 0.15) is 5.78 Å². The van der Waals surface area contributed by atoms with Gasteiger partial charge in [0.25, 0.3) is 0 Å². The molecule has 1 atom stereocenters. The van der Waals surface area contributed by atoms with Gasteiger partial charge < -0.3 is 0 Å². The van der Waals surface area contributed by atoms with Gasteiger partial charge in [0.05, 0.1) is 6.42 Å². The standard InChI is InChI=1S/C7H11FO2/c1-3-6(8)7(10)4-5(2)9/h6H,3-4H2,1-2H3. The van der Waals surface area contributed by atoms with Crippen LogP contribution in [0.25, 0.3) is 0 Å². The van der Waals surface area contributed by atoms with E-state index in [-0.39, 0.29) is 18.6 Å². The fourth-order valence-electron chi connectivity index (χ4n) is 0.584. The maximum Gasteiger partial charge on any atom is 0.174 e. The molecule has 0 rings (SSSR count). The molecule has 0 aliphatic rings. The molecule has 1 unspecified atom stereocenters. The number of hydrogen-bond acceptors (Lipinski definition) is 2. The molecule has 0 amide bonds. The van der Waals surface area contributed by atoms with Crippen LogP contribution in [0, 0.1) is 0 Å². The fraction of sp³-hybridized carbons (Fsp3) is 0.714. The maximum absolute atomic E-state index is 12.4. The van der Waals surface area contributed by atoms with E-state index >= 15 is 0 Å². The Kier molecular flexibility index (Phi) is 3.84. The second-order valence-corrected chi connectivity index (χ2v) is 2.22. The summed E-state index contributed by atoms with van der Waals surface area (Å²) in [6.45, 7) is 2.85. The second kappa shape index (κ2) is 4.14. The molecule has 0 radical (unpaired) electrons. The Morgan fingerprint density at radius 1 is 1.50 bits per heavy atom. The Morgan fingerprint density at radius 2 is 2.00 bits per heavy atom. The summed E-state index contributed by atoms with van der Waals surface area (Å²) in [4.78, 5) is 20.9. The zero-order chi connectivity index (χ0) is 8.15. The minimum Gasteiger partial charge on any atom is -0.300 e. The summed E-state index contributed by atoms with van der Waals surface area (Å²) in [7, 11) is 0. The summed E-state index contributed by atoms with van der Waals surface area (Å²) in [5, 5.41) is 0. The van der Waals surface area contributed by atoms with Gasteiger partial charge in [-0.05, 0) is 13.3 Å². The Balaban J connectivity index is 3.73. The lowest BCUT2D eigenvalue weighted by molar-refractivity contribution is -0.129. The highest BCUT2D eigenvalue weighted by Gasteiger charge is 2.15. The van der Waals surface area contributed by atoms with Gasteiger partial charge in [-0.1, -0.05) is 6.92 Å². The van der Waals surface area contributed by atoms with Crippen LogP contribution in [0.15, 0.2) is 0 Å².